The average molecular weight is 397 g/mol. The molecule has 1 aliphatic rings. The van der Waals surface area contributed by atoms with Crippen molar-refractivity contribution in [2.45, 2.75) is 4.90 Å². The first-order chi connectivity index (χ1) is 13.0. The molecule has 0 saturated carbocycles. The molecule has 136 valence electrons. The molecule has 2 N–H and O–H groups in total. The van der Waals surface area contributed by atoms with Crippen LogP contribution >= 0.6 is 11.3 Å². The topological polar surface area (TPSA) is 96.4 Å². The fraction of sp³-hybridized carbons (Fsp3) is 0.105. The molecule has 6 nitrogen and oxygen atoms in total. The van der Waals surface area contributed by atoms with E-state index in [0.29, 0.717) is 22.0 Å². The number of rotatable bonds is 3. The molecule has 3 aromatic rings. The highest BCUT2D eigenvalue weighted by molar-refractivity contribution is 7.92. The number of ether oxygens (including phenoxy) is 1. The smallest absolute Gasteiger partial charge is 0.264 e. The Bertz CT molecular complexity index is 1150. The van der Waals surface area contributed by atoms with Crippen molar-refractivity contribution in [2.75, 3.05) is 23.2 Å². The molecule has 0 spiro atoms. The van der Waals surface area contributed by atoms with Crippen LogP contribution in [0.5, 0.6) is 5.75 Å². The Morgan fingerprint density at radius 3 is 2.59 bits per heavy atom. The van der Waals surface area contributed by atoms with E-state index in [1.165, 1.54) is 27.8 Å². The van der Waals surface area contributed by atoms with Crippen LogP contribution in [0.25, 0.3) is 11.1 Å². The van der Waals surface area contributed by atoms with Gasteiger partial charge >= 0.3 is 0 Å². The molecular weight excluding hydrogens is 382 g/mol. The minimum Gasteiger partial charge on any atom is -0.489 e. The molecule has 1 aliphatic heterocycles. The SMILES string of the molecule is N#Cc1cc(-c2ccc3c(c2)N(S(=O)(=O)c2ccc(N)cc2)CCO3)cs1. The highest BCUT2D eigenvalue weighted by atomic mass is 32.2. The van der Waals surface area contributed by atoms with Crippen molar-refractivity contribution in [3.63, 3.8) is 0 Å². The lowest BCUT2D eigenvalue weighted by molar-refractivity contribution is 0.316. The van der Waals surface area contributed by atoms with Crippen LogP contribution in [0.3, 0.4) is 0 Å². The van der Waals surface area contributed by atoms with Gasteiger partial charge in [-0.05, 0) is 59.0 Å². The van der Waals surface area contributed by atoms with Crippen molar-refractivity contribution >= 4 is 32.7 Å². The van der Waals surface area contributed by atoms with Gasteiger partial charge in [0.05, 0.1) is 17.1 Å². The number of hydrogen-bond donors (Lipinski definition) is 1. The average Bonchev–Trinajstić information content (AvgIpc) is 3.16. The molecule has 2 aromatic carbocycles. The molecular formula is C19H15N3O3S2. The Morgan fingerprint density at radius 1 is 1.11 bits per heavy atom. The van der Waals surface area contributed by atoms with Crippen LogP contribution in [-0.2, 0) is 10.0 Å². The van der Waals surface area contributed by atoms with Gasteiger partial charge in [-0.3, -0.25) is 4.31 Å². The summed E-state index contributed by atoms with van der Waals surface area (Å²) in [4.78, 5) is 0.780. The number of fused-ring (bicyclic) bond motifs is 1. The van der Waals surface area contributed by atoms with Gasteiger partial charge in [-0.1, -0.05) is 6.07 Å². The van der Waals surface area contributed by atoms with E-state index in [9.17, 15) is 8.42 Å². The summed E-state index contributed by atoms with van der Waals surface area (Å²) in [5.41, 5.74) is 8.36. The summed E-state index contributed by atoms with van der Waals surface area (Å²) in [7, 11) is -3.74. The third kappa shape index (κ3) is 3.12. The Balaban J connectivity index is 1.79. The third-order valence-electron chi connectivity index (χ3n) is 4.29. The minimum atomic E-state index is -3.74. The van der Waals surface area contributed by atoms with Crippen LogP contribution in [0.15, 0.2) is 58.8 Å². The molecule has 0 atom stereocenters. The molecule has 0 bridgehead atoms. The fourth-order valence-electron chi connectivity index (χ4n) is 2.94. The molecule has 27 heavy (non-hydrogen) atoms. The highest BCUT2D eigenvalue weighted by Crippen LogP contribution is 2.39. The zero-order valence-electron chi connectivity index (χ0n) is 14.1. The molecule has 2 heterocycles. The van der Waals surface area contributed by atoms with Crippen LogP contribution in [0.4, 0.5) is 11.4 Å². The van der Waals surface area contributed by atoms with Crippen LogP contribution < -0.4 is 14.8 Å². The summed E-state index contributed by atoms with van der Waals surface area (Å²) in [5.74, 6) is 0.514. The summed E-state index contributed by atoms with van der Waals surface area (Å²) >= 11 is 1.35. The van der Waals surface area contributed by atoms with E-state index in [-0.39, 0.29) is 18.0 Å². The van der Waals surface area contributed by atoms with Crippen LogP contribution in [0.1, 0.15) is 4.88 Å². The van der Waals surface area contributed by atoms with Crippen molar-refractivity contribution in [1.82, 2.24) is 0 Å². The predicted octanol–water partition coefficient (Wildman–Crippen LogP) is 3.46. The second-order valence-corrected chi connectivity index (χ2v) is 8.76. The first-order valence-corrected chi connectivity index (χ1v) is 10.4. The predicted molar refractivity (Wildman–Crippen MR) is 105 cm³/mol. The van der Waals surface area contributed by atoms with Crippen molar-refractivity contribution in [1.29, 1.82) is 5.26 Å². The maximum atomic E-state index is 13.1. The zero-order valence-corrected chi connectivity index (χ0v) is 15.8. The molecule has 8 heteroatoms. The maximum absolute atomic E-state index is 13.1. The van der Waals surface area contributed by atoms with E-state index >= 15 is 0 Å². The lowest BCUT2D eigenvalue weighted by atomic mass is 10.1. The Hall–Kier alpha value is -3.02. The van der Waals surface area contributed by atoms with Crippen molar-refractivity contribution in [3.8, 4) is 22.9 Å². The fourth-order valence-corrected chi connectivity index (χ4v) is 5.09. The number of benzene rings is 2. The van der Waals surface area contributed by atoms with Gasteiger partial charge in [0.2, 0.25) is 0 Å². The summed E-state index contributed by atoms with van der Waals surface area (Å²) in [6, 6.07) is 15.5. The third-order valence-corrected chi connectivity index (χ3v) is 6.95. The Morgan fingerprint density at radius 2 is 1.89 bits per heavy atom. The number of sulfonamides is 1. The van der Waals surface area contributed by atoms with Gasteiger partial charge in [-0.2, -0.15) is 5.26 Å². The minimum absolute atomic E-state index is 0.178. The largest absolute Gasteiger partial charge is 0.489 e. The van der Waals surface area contributed by atoms with Crippen molar-refractivity contribution in [2.24, 2.45) is 0 Å². The lowest BCUT2D eigenvalue weighted by Gasteiger charge is -2.31. The van der Waals surface area contributed by atoms with Crippen molar-refractivity contribution < 1.29 is 13.2 Å². The van der Waals surface area contributed by atoms with Crippen LogP contribution in [0.2, 0.25) is 0 Å². The monoisotopic (exact) mass is 397 g/mol. The molecule has 0 fully saturated rings. The number of nitrogen functional groups attached to an aromatic ring is 1. The van der Waals surface area contributed by atoms with Gasteiger partial charge in [0.1, 0.15) is 23.3 Å². The molecule has 1 aromatic heterocycles. The second kappa shape index (κ2) is 6.61. The first kappa shape index (κ1) is 17.4. The first-order valence-electron chi connectivity index (χ1n) is 8.13. The van der Waals surface area contributed by atoms with Gasteiger partial charge in [0.25, 0.3) is 10.0 Å². The molecule has 0 aliphatic carbocycles. The standard InChI is InChI=1S/C19H15N3O3S2/c20-11-16-9-14(12-26-16)13-1-6-19-18(10-13)22(7-8-25-19)27(23,24)17-4-2-15(21)3-5-17/h1-6,9-10,12H,7-8,21H2. The maximum Gasteiger partial charge on any atom is 0.264 e. The quantitative estimate of drug-likeness (QED) is 0.683. The number of thiophene rings is 1. The number of nitriles is 1. The lowest BCUT2D eigenvalue weighted by Crippen LogP contribution is -2.37. The second-order valence-electron chi connectivity index (χ2n) is 5.99. The molecule has 0 radical (unpaired) electrons. The number of hydrogen-bond acceptors (Lipinski definition) is 6. The summed E-state index contributed by atoms with van der Waals surface area (Å²) in [5, 5.41) is 10.9. The van der Waals surface area contributed by atoms with Gasteiger partial charge in [-0.25, -0.2) is 8.42 Å². The normalized spacial score (nSPS) is 13.5. The summed E-state index contributed by atoms with van der Waals surface area (Å²) < 4.78 is 33.3. The van der Waals surface area contributed by atoms with Gasteiger partial charge in [0, 0.05) is 5.69 Å². The summed E-state index contributed by atoms with van der Waals surface area (Å²) in [6.07, 6.45) is 0. The van der Waals surface area contributed by atoms with E-state index in [4.69, 9.17) is 15.7 Å². The van der Waals surface area contributed by atoms with Crippen LogP contribution in [-0.4, -0.2) is 21.6 Å². The molecule has 0 unspecified atom stereocenters. The Kier molecular flexibility index (Phi) is 4.26. The number of nitrogens with two attached hydrogens (primary N) is 1. The Labute approximate surface area is 161 Å². The van der Waals surface area contributed by atoms with E-state index in [2.05, 4.69) is 6.07 Å². The highest BCUT2D eigenvalue weighted by Gasteiger charge is 2.30. The van der Waals surface area contributed by atoms with Gasteiger partial charge < -0.3 is 10.5 Å². The summed E-state index contributed by atoms with van der Waals surface area (Å²) in [6.45, 7) is 0.494. The molecule has 4 rings (SSSR count). The van der Waals surface area contributed by atoms with Crippen LogP contribution in [0, 0.1) is 11.3 Å². The van der Waals surface area contributed by atoms with E-state index in [1.54, 1.807) is 30.3 Å². The zero-order chi connectivity index (χ0) is 19.0. The number of nitrogens with zero attached hydrogens (tertiary/aromatic N) is 2. The molecule has 0 amide bonds. The number of anilines is 2. The van der Waals surface area contributed by atoms with E-state index < -0.39 is 10.0 Å². The van der Waals surface area contributed by atoms with E-state index in [1.807, 2.05) is 11.4 Å². The van der Waals surface area contributed by atoms with E-state index in [0.717, 1.165) is 11.1 Å². The van der Waals surface area contributed by atoms with Gasteiger partial charge in [-0.15, -0.1) is 11.3 Å². The van der Waals surface area contributed by atoms with Crippen molar-refractivity contribution in [3.05, 3.63) is 58.8 Å². The molecule has 0 saturated heterocycles. The van der Waals surface area contributed by atoms with Gasteiger partial charge in [0.15, 0.2) is 0 Å².